The minimum atomic E-state index is -0.987. The molecule has 166 valence electrons. The molecule has 0 saturated carbocycles. The van der Waals surface area contributed by atoms with Crippen molar-refractivity contribution in [2.75, 3.05) is 19.8 Å². The van der Waals surface area contributed by atoms with Gasteiger partial charge in [-0.2, -0.15) is 0 Å². The zero-order chi connectivity index (χ0) is 22.6. The number of nitrogens with two attached hydrogens (primary N) is 1. The van der Waals surface area contributed by atoms with E-state index in [1.807, 2.05) is 6.92 Å². The first-order chi connectivity index (χ1) is 15.0. The molecule has 2 rings (SSSR count). The molecule has 0 atom stereocenters. The average Bonchev–Trinajstić information content (AvgIpc) is 2.77. The van der Waals surface area contributed by atoms with Gasteiger partial charge in [0.1, 0.15) is 17.2 Å². The van der Waals surface area contributed by atoms with Gasteiger partial charge in [-0.05, 0) is 55.2 Å². The van der Waals surface area contributed by atoms with E-state index >= 15 is 0 Å². The van der Waals surface area contributed by atoms with Crippen LogP contribution < -0.4 is 15.2 Å². The lowest BCUT2D eigenvalue weighted by atomic mass is 10.0. The summed E-state index contributed by atoms with van der Waals surface area (Å²) in [7, 11) is 0. The van der Waals surface area contributed by atoms with Gasteiger partial charge >= 0.3 is 5.97 Å². The van der Waals surface area contributed by atoms with Gasteiger partial charge in [0.05, 0.1) is 25.3 Å². The summed E-state index contributed by atoms with van der Waals surface area (Å²) in [6.07, 6.45) is 5.56. The zero-order valence-corrected chi connectivity index (χ0v) is 17.7. The number of unbranched alkanes of at least 4 members (excludes halogenated alkanes) is 1. The molecule has 0 aromatic heterocycles. The van der Waals surface area contributed by atoms with Gasteiger partial charge in [-0.1, -0.05) is 25.5 Å². The molecule has 0 amide bonds. The summed E-state index contributed by atoms with van der Waals surface area (Å²) in [5, 5.41) is 19.1. The number of ether oxygens (including phenoxy) is 2. The Morgan fingerprint density at radius 3 is 2.32 bits per heavy atom. The molecule has 7 nitrogen and oxygen atoms in total. The molecule has 0 aliphatic heterocycles. The zero-order valence-electron chi connectivity index (χ0n) is 17.7. The molecule has 0 spiro atoms. The standard InChI is InChI=1S/C24H29NO6/c1-2-5-20-22(12-11-19(24(20)29)21(26)16-25)31-15-4-3-14-30-18-9-6-17(7-10-18)8-13-23(27)28/h6-13,29H,2-5,14-16,25H2,1H3,(H,27,28)/b13-8+. The fraction of sp³-hybridized carbons (Fsp3) is 0.333. The van der Waals surface area contributed by atoms with Gasteiger partial charge < -0.3 is 25.4 Å². The molecule has 2 aromatic rings. The number of phenols is 1. The summed E-state index contributed by atoms with van der Waals surface area (Å²) in [6.45, 7) is 2.82. The number of aromatic hydroxyl groups is 1. The van der Waals surface area contributed by atoms with Crippen LogP contribution in [0.3, 0.4) is 0 Å². The van der Waals surface area contributed by atoms with Gasteiger partial charge in [-0.3, -0.25) is 4.79 Å². The van der Waals surface area contributed by atoms with Crippen LogP contribution in [0.4, 0.5) is 0 Å². The number of phenolic OH excluding ortho intramolecular Hbond substituents is 1. The second-order valence-electron chi connectivity index (χ2n) is 6.96. The number of carboxylic acids is 1. The number of carbonyl (C=O) groups is 2. The first-order valence-electron chi connectivity index (χ1n) is 10.3. The molecule has 0 aliphatic carbocycles. The van der Waals surface area contributed by atoms with E-state index in [1.54, 1.807) is 36.4 Å². The molecular formula is C24H29NO6. The van der Waals surface area contributed by atoms with Crippen molar-refractivity contribution in [2.45, 2.75) is 32.6 Å². The predicted molar refractivity (Wildman–Crippen MR) is 119 cm³/mol. The van der Waals surface area contributed by atoms with Gasteiger partial charge in [-0.15, -0.1) is 0 Å². The lowest BCUT2D eigenvalue weighted by molar-refractivity contribution is -0.131. The maximum Gasteiger partial charge on any atom is 0.328 e. The van der Waals surface area contributed by atoms with Gasteiger partial charge in [-0.25, -0.2) is 4.79 Å². The van der Waals surface area contributed by atoms with Crippen molar-refractivity contribution >= 4 is 17.8 Å². The van der Waals surface area contributed by atoms with Crippen LogP contribution in [-0.4, -0.2) is 41.7 Å². The molecule has 31 heavy (non-hydrogen) atoms. The molecule has 4 N–H and O–H groups in total. The summed E-state index contributed by atoms with van der Waals surface area (Å²) in [6, 6.07) is 10.4. The molecule has 0 heterocycles. The van der Waals surface area contributed by atoms with Crippen LogP contribution in [0.5, 0.6) is 17.2 Å². The molecule has 7 heteroatoms. The second kappa shape index (κ2) is 12.4. The number of carboxylic acid groups (broad SMARTS) is 1. The third kappa shape index (κ3) is 7.46. The third-order valence-corrected chi connectivity index (χ3v) is 4.59. The molecule has 2 aromatic carbocycles. The first kappa shape index (κ1) is 24.0. The predicted octanol–water partition coefficient (Wildman–Crippen LogP) is 3.82. The summed E-state index contributed by atoms with van der Waals surface area (Å²) >= 11 is 0. The van der Waals surface area contributed by atoms with Crippen molar-refractivity contribution in [3.8, 4) is 17.2 Å². The van der Waals surface area contributed by atoms with Gasteiger partial charge in [0.15, 0.2) is 5.78 Å². The number of hydrogen-bond donors (Lipinski definition) is 3. The highest BCUT2D eigenvalue weighted by Crippen LogP contribution is 2.33. The fourth-order valence-electron chi connectivity index (χ4n) is 3.00. The van der Waals surface area contributed by atoms with Crippen LogP contribution in [0.25, 0.3) is 6.08 Å². The lowest BCUT2D eigenvalue weighted by Crippen LogP contribution is -2.14. The number of hydrogen-bond acceptors (Lipinski definition) is 6. The molecule has 0 fully saturated rings. The van der Waals surface area contributed by atoms with Crippen LogP contribution >= 0.6 is 0 Å². The Balaban J connectivity index is 1.80. The Hall–Kier alpha value is -3.32. The van der Waals surface area contributed by atoms with E-state index < -0.39 is 5.97 Å². The van der Waals surface area contributed by atoms with Crippen molar-refractivity contribution < 1.29 is 29.3 Å². The monoisotopic (exact) mass is 427 g/mol. The number of Topliss-reactive ketones (excluding diaryl/α,β-unsaturated/α-hetero) is 1. The quantitative estimate of drug-likeness (QED) is 0.252. The topological polar surface area (TPSA) is 119 Å². The van der Waals surface area contributed by atoms with Crippen LogP contribution in [-0.2, 0) is 11.2 Å². The smallest absolute Gasteiger partial charge is 0.328 e. The van der Waals surface area contributed by atoms with Crippen molar-refractivity contribution in [3.63, 3.8) is 0 Å². The van der Waals surface area contributed by atoms with E-state index in [1.165, 1.54) is 6.08 Å². The number of aliphatic carboxylic acids is 1. The number of ketones is 1. The summed E-state index contributed by atoms with van der Waals surface area (Å²) in [5.74, 6) is -0.0358. The third-order valence-electron chi connectivity index (χ3n) is 4.59. The number of carbonyl (C=O) groups excluding carboxylic acids is 1. The van der Waals surface area contributed by atoms with Crippen LogP contribution in [0.1, 0.15) is 47.7 Å². The summed E-state index contributed by atoms with van der Waals surface area (Å²) in [4.78, 5) is 22.4. The molecular weight excluding hydrogens is 398 g/mol. The summed E-state index contributed by atoms with van der Waals surface area (Å²) in [5.41, 5.74) is 7.06. The molecule has 0 bridgehead atoms. The van der Waals surface area contributed by atoms with Crippen molar-refractivity contribution in [1.82, 2.24) is 0 Å². The normalized spacial score (nSPS) is 10.9. The maximum absolute atomic E-state index is 11.9. The Labute approximate surface area is 182 Å². The molecule has 0 unspecified atom stereocenters. The lowest BCUT2D eigenvalue weighted by Gasteiger charge is -2.15. The average molecular weight is 427 g/mol. The Morgan fingerprint density at radius 2 is 1.71 bits per heavy atom. The van der Waals surface area contributed by atoms with E-state index in [2.05, 4.69) is 0 Å². The summed E-state index contributed by atoms with van der Waals surface area (Å²) < 4.78 is 11.5. The van der Waals surface area contributed by atoms with Gasteiger partial charge in [0.2, 0.25) is 0 Å². The van der Waals surface area contributed by atoms with E-state index in [0.717, 1.165) is 30.9 Å². The largest absolute Gasteiger partial charge is 0.507 e. The molecule has 0 radical (unpaired) electrons. The molecule has 0 aliphatic rings. The van der Waals surface area contributed by atoms with E-state index in [0.29, 0.717) is 36.7 Å². The molecule has 0 saturated heterocycles. The number of benzene rings is 2. The van der Waals surface area contributed by atoms with E-state index in [4.69, 9.17) is 20.3 Å². The number of rotatable bonds is 13. The van der Waals surface area contributed by atoms with Crippen LogP contribution in [0.15, 0.2) is 42.5 Å². The fourth-order valence-corrected chi connectivity index (χ4v) is 3.00. The van der Waals surface area contributed by atoms with Gasteiger partial charge in [0, 0.05) is 11.6 Å². The minimum absolute atomic E-state index is 0.0419. The Kier molecular flexibility index (Phi) is 9.58. The SMILES string of the molecule is CCCc1c(OCCCCOc2ccc(/C=C/C(=O)O)cc2)ccc(C(=O)CN)c1O. The van der Waals surface area contributed by atoms with E-state index in [9.17, 15) is 14.7 Å². The second-order valence-corrected chi connectivity index (χ2v) is 6.96. The van der Waals surface area contributed by atoms with Gasteiger partial charge in [0.25, 0.3) is 0 Å². The van der Waals surface area contributed by atoms with Crippen molar-refractivity contribution in [2.24, 2.45) is 5.73 Å². The minimum Gasteiger partial charge on any atom is -0.507 e. The van der Waals surface area contributed by atoms with Crippen LogP contribution in [0, 0.1) is 0 Å². The van der Waals surface area contributed by atoms with Crippen LogP contribution in [0.2, 0.25) is 0 Å². The highest BCUT2D eigenvalue weighted by atomic mass is 16.5. The Bertz CT molecular complexity index is 905. The maximum atomic E-state index is 11.9. The van der Waals surface area contributed by atoms with Crippen molar-refractivity contribution in [1.29, 1.82) is 0 Å². The highest BCUT2D eigenvalue weighted by Gasteiger charge is 2.17. The highest BCUT2D eigenvalue weighted by molar-refractivity contribution is 6.00. The van der Waals surface area contributed by atoms with Crippen molar-refractivity contribution in [3.05, 3.63) is 59.2 Å². The van der Waals surface area contributed by atoms with E-state index in [-0.39, 0.29) is 23.6 Å². The Morgan fingerprint density at radius 1 is 1.03 bits per heavy atom. The first-order valence-corrected chi connectivity index (χ1v) is 10.3.